The van der Waals surface area contributed by atoms with Gasteiger partial charge < -0.3 is 0 Å². The summed E-state index contributed by atoms with van der Waals surface area (Å²) in [5.41, 5.74) is 2.12. The minimum atomic E-state index is 0.807. The summed E-state index contributed by atoms with van der Waals surface area (Å²) in [5, 5.41) is 1.92. The number of halogens is 1. The molecule has 0 spiro atoms. The molecule has 0 bridgehead atoms. The van der Waals surface area contributed by atoms with E-state index in [9.17, 15) is 9.59 Å². The molecule has 0 aliphatic rings. The van der Waals surface area contributed by atoms with Crippen LogP contribution in [-0.4, -0.2) is 12.6 Å². The van der Waals surface area contributed by atoms with Crippen molar-refractivity contribution in [3.8, 4) is 0 Å². The van der Waals surface area contributed by atoms with Gasteiger partial charge in [-0.2, -0.15) is 0 Å². The van der Waals surface area contributed by atoms with Gasteiger partial charge in [0.25, 0.3) is 0 Å². The third-order valence-corrected chi connectivity index (χ3v) is 4.65. The Bertz CT molecular complexity index is 514. The first-order chi connectivity index (χ1) is 8.08. The van der Waals surface area contributed by atoms with Crippen molar-refractivity contribution in [1.82, 2.24) is 0 Å². The van der Waals surface area contributed by atoms with E-state index < -0.39 is 0 Å². The van der Waals surface area contributed by atoms with Gasteiger partial charge in [0.15, 0.2) is 12.6 Å². The molecule has 17 heavy (non-hydrogen) atoms. The van der Waals surface area contributed by atoms with Gasteiger partial charge in [0.1, 0.15) is 0 Å². The zero-order chi connectivity index (χ0) is 12.8. The molecule has 0 saturated heterocycles. The summed E-state index contributed by atoms with van der Waals surface area (Å²) in [6.07, 6.45) is 1.77. The number of rotatable bonds is 2. The molecule has 2 aromatic heterocycles. The summed E-state index contributed by atoms with van der Waals surface area (Å²) in [5.74, 6) is 0. The predicted molar refractivity (Wildman–Crippen MR) is 76.6 cm³/mol. The van der Waals surface area contributed by atoms with Crippen LogP contribution in [0.5, 0.6) is 0 Å². The standard InChI is InChI=1S/C6H5BrOS.C6H6OS/c1-4-2-6(7)9-5(4)3-8;1-5-2-3-8-6(5)4-7/h2-3H,1H3;2-4H,1H3. The van der Waals surface area contributed by atoms with Gasteiger partial charge in [-0.3, -0.25) is 9.59 Å². The fourth-order valence-corrected chi connectivity index (χ4v) is 3.39. The molecule has 0 N–H and O–H groups in total. The SMILES string of the molecule is Cc1cc(Br)sc1C=O.Cc1ccsc1C=O. The average molecular weight is 331 g/mol. The third kappa shape index (κ3) is 4.18. The second-order valence-electron chi connectivity index (χ2n) is 3.30. The Morgan fingerprint density at radius 1 is 1.12 bits per heavy atom. The molecule has 2 nitrogen and oxygen atoms in total. The first kappa shape index (κ1) is 14.3. The summed E-state index contributed by atoms with van der Waals surface area (Å²) in [4.78, 5) is 22.0. The largest absolute Gasteiger partial charge is 0.297 e. The van der Waals surface area contributed by atoms with Gasteiger partial charge in [0.2, 0.25) is 0 Å². The molecule has 0 atom stereocenters. The summed E-state index contributed by atoms with van der Waals surface area (Å²) >= 11 is 6.23. The molecule has 0 saturated carbocycles. The van der Waals surface area contributed by atoms with E-state index in [-0.39, 0.29) is 0 Å². The van der Waals surface area contributed by atoms with Crippen molar-refractivity contribution in [2.24, 2.45) is 0 Å². The van der Waals surface area contributed by atoms with Crippen molar-refractivity contribution in [2.75, 3.05) is 0 Å². The molecule has 2 aromatic rings. The fourth-order valence-electron chi connectivity index (χ4n) is 1.08. The van der Waals surface area contributed by atoms with Gasteiger partial charge in [-0.25, -0.2) is 0 Å². The van der Waals surface area contributed by atoms with Crippen LogP contribution in [0, 0.1) is 13.8 Å². The van der Waals surface area contributed by atoms with E-state index in [4.69, 9.17) is 0 Å². The van der Waals surface area contributed by atoms with Gasteiger partial charge in [-0.15, -0.1) is 22.7 Å². The highest BCUT2D eigenvalue weighted by molar-refractivity contribution is 9.11. The van der Waals surface area contributed by atoms with Gasteiger partial charge in [-0.1, -0.05) is 0 Å². The molecular formula is C12H11BrO2S2. The van der Waals surface area contributed by atoms with E-state index in [0.717, 1.165) is 37.2 Å². The highest BCUT2D eigenvalue weighted by Crippen LogP contribution is 2.24. The van der Waals surface area contributed by atoms with Crippen LogP contribution in [0.4, 0.5) is 0 Å². The molecular weight excluding hydrogens is 320 g/mol. The number of aryl methyl sites for hydroxylation is 2. The van der Waals surface area contributed by atoms with E-state index >= 15 is 0 Å². The van der Waals surface area contributed by atoms with Crippen molar-refractivity contribution in [1.29, 1.82) is 0 Å². The number of carbonyl (C=O) groups excluding carboxylic acids is 2. The van der Waals surface area contributed by atoms with Crippen LogP contribution in [0.2, 0.25) is 0 Å². The normalized spacial score (nSPS) is 9.35. The molecule has 0 aliphatic carbocycles. The first-order valence-electron chi connectivity index (χ1n) is 4.79. The molecule has 2 heterocycles. The summed E-state index contributed by atoms with van der Waals surface area (Å²) in [7, 11) is 0. The lowest BCUT2D eigenvalue weighted by atomic mass is 10.3. The van der Waals surface area contributed by atoms with Gasteiger partial charge in [0, 0.05) is 0 Å². The Morgan fingerprint density at radius 2 is 1.76 bits per heavy atom. The van der Waals surface area contributed by atoms with Gasteiger partial charge >= 0.3 is 0 Å². The topological polar surface area (TPSA) is 34.1 Å². The Balaban J connectivity index is 0.000000171. The number of thiophene rings is 2. The number of aldehydes is 2. The van der Waals surface area contributed by atoms with Crippen molar-refractivity contribution in [3.05, 3.63) is 42.2 Å². The third-order valence-electron chi connectivity index (χ3n) is 2.04. The maximum atomic E-state index is 10.2. The molecule has 0 fully saturated rings. The lowest BCUT2D eigenvalue weighted by Crippen LogP contribution is -1.72. The lowest BCUT2D eigenvalue weighted by molar-refractivity contribution is 0.111. The van der Waals surface area contributed by atoms with Crippen LogP contribution < -0.4 is 0 Å². The van der Waals surface area contributed by atoms with Crippen LogP contribution in [0.1, 0.15) is 30.5 Å². The Kier molecular flexibility index (Phi) is 5.74. The van der Waals surface area contributed by atoms with E-state index in [1.807, 2.05) is 31.4 Å². The second-order valence-corrected chi connectivity index (χ2v) is 6.71. The summed E-state index contributed by atoms with van der Waals surface area (Å²) in [6, 6.07) is 3.88. The van der Waals surface area contributed by atoms with E-state index in [2.05, 4.69) is 15.9 Å². The molecule has 0 radical (unpaired) electrons. The highest BCUT2D eigenvalue weighted by atomic mass is 79.9. The second kappa shape index (κ2) is 6.83. The van der Waals surface area contributed by atoms with Crippen LogP contribution >= 0.6 is 38.6 Å². The van der Waals surface area contributed by atoms with Crippen LogP contribution in [0.25, 0.3) is 0 Å². The average Bonchev–Trinajstić information content (AvgIpc) is 2.85. The van der Waals surface area contributed by atoms with E-state index in [1.54, 1.807) is 0 Å². The molecule has 0 aromatic carbocycles. The summed E-state index contributed by atoms with van der Waals surface area (Å²) < 4.78 is 1.02. The molecule has 0 aliphatic heterocycles. The zero-order valence-electron chi connectivity index (χ0n) is 9.40. The molecule has 0 unspecified atom stereocenters. The van der Waals surface area contributed by atoms with E-state index in [1.165, 1.54) is 22.7 Å². The monoisotopic (exact) mass is 330 g/mol. The Hall–Kier alpha value is -0.780. The van der Waals surface area contributed by atoms with Crippen LogP contribution in [-0.2, 0) is 0 Å². The smallest absolute Gasteiger partial charge is 0.160 e. The number of hydrogen-bond donors (Lipinski definition) is 0. The fraction of sp³-hybridized carbons (Fsp3) is 0.167. The van der Waals surface area contributed by atoms with E-state index in [0.29, 0.717) is 0 Å². The van der Waals surface area contributed by atoms with Crippen molar-refractivity contribution in [3.63, 3.8) is 0 Å². The number of carbonyl (C=O) groups is 2. The molecule has 0 amide bonds. The zero-order valence-corrected chi connectivity index (χ0v) is 12.6. The number of hydrogen-bond acceptors (Lipinski definition) is 4. The van der Waals surface area contributed by atoms with Crippen LogP contribution in [0.3, 0.4) is 0 Å². The minimum absolute atomic E-state index is 0.807. The predicted octanol–water partition coefficient (Wildman–Crippen LogP) is 4.50. The van der Waals surface area contributed by atoms with Crippen molar-refractivity contribution < 1.29 is 9.59 Å². The van der Waals surface area contributed by atoms with Crippen molar-refractivity contribution in [2.45, 2.75) is 13.8 Å². The maximum Gasteiger partial charge on any atom is 0.160 e. The highest BCUT2D eigenvalue weighted by Gasteiger charge is 1.99. The Labute approximate surface area is 116 Å². The lowest BCUT2D eigenvalue weighted by Gasteiger charge is -1.79. The quantitative estimate of drug-likeness (QED) is 0.759. The summed E-state index contributed by atoms with van der Waals surface area (Å²) in [6.45, 7) is 3.85. The van der Waals surface area contributed by atoms with Gasteiger partial charge in [-0.05, 0) is 58.4 Å². The minimum Gasteiger partial charge on any atom is -0.297 e. The van der Waals surface area contributed by atoms with Gasteiger partial charge in [0.05, 0.1) is 13.5 Å². The molecule has 90 valence electrons. The molecule has 2 rings (SSSR count). The van der Waals surface area contributed by atoms with Crippen molar-refractivity contribution >= 4 is 51.2 Å². The first-order valence-corrected chi connectivity index (χ1v) is 7.27. The maximum absolute atomic E-state index is 10.2. The Morgan fingerprint density at radius 3 is 2.00 bits per heavy atom. The van der Waals surface area contributed by atoms with Crippen LogP contribution in [0.15, 0.2) is 21.3 Å². The molecule has 5 heteroatoms.